The van der Waals surface area contributed by atoms with Crippen molar-refractivity contribution in [1.82, 2.24) is 0 Å². The summed E-state index contributed by atoms with van der Waals surface area (Å²) in [7, 11) is 0. The average molecular weight is 807 g/mol. The van der Waals surface area contributed by atoms with E-state index in [9.17, 15) is 14.7 Å². The van der Waals surface area contributed by atoms with Crippen molar-refractivity contribution in [1.29, 1.82) is 0 Å². The molecule has 0 amide bonds. The van der Waals surface area contributed by atoms with Gasteiger partial charge in [0.25, 0.3) is 0 Å². The maximum atomic E-state index is 12.2. The van der Waals surface area contributed by atoms with Crippen molar-refractivity contribution in [2.75, 3.05) is 13.2 Å². The van der Waals surface area contributed by atoms with Gasteiger partial charge in [-0.25, -0.2) is 0 Å². The van der Waals surface area contributed by atoms with E-state index in [1.807, 2.05) is 0 Å². The molecule has 0 aliphatic heterocycles. The number of carbonyl (C=O) groups is 2. The van der Waals surface area contributed by atoms with E-state index in [1.54, 1.807) is 0 Å². The number of aliphatic hydroxyl groups excluding tert-OH is 1. The Kier molecular flexibility index (Phi) is 48.3. The highest BCUT2D eigenvalue weighted by Crippen LogP contribution is 2.18. The van der Waals surface area contributed by atoms with Crippen LogP contribution in [0.2, 0.25) is 0 Å². The van der Waals surface area contributed by atoms with Crippen LogP contribution in [0.15, 0.2) is 0 Å². The van der Waals surface area contributed by atoms with Gasteiger partial charge < -0.3 is 14.6 Å². The second-order valence-electron chi connectivity index (χ2n) is 18.0. The fraction of sp³-hybridized carbons (Fsp3) is 0.962. The fourth-order valence-corrected chi connectivity index (χ4v) is 8.21. The summed E-state index contributed by atoms with van der Waals surface area (Å²) in [5.74, 6) is -0.577. The second kappa shape index (κ2) is 49.3. The Balaban J connectivity index is 3.30. The molecule has 0 bridgehead atoms. The monoisotopic (exact) mass is 807 g/mol. The zero-order valence-corrected chi connectivity index (χ0v) is 38.9. The SMILES string of the molecule is CCCCCCCCCCCCCCCCCCCCCCCCCCCCCCCCCCCCCC(=O)OC(CO)COC(=O)CCCCCCCCCC. The summed E-state index contributed by atoms with van der Waals surface area (Å²) in [5.41, 5.74) is 0. The minimum atomic E-state index is -0.761. The van der Waals surface area contributed by atoms with Crippen LogP contribution >= 0.6 is 0 Å². The summed E-state index contributed by atoms with van der Waals surface area (Å²) in [5, 5.41) is 9.55. The van der Waals surface area contributed by atoms with Gasteiger partial charge in [-0.3, -0.25) is 9.59 Å². The van der Waals surface area contributed by atoms with Crippen molar-refractivity contribution >= 4 is 11.9 Å². The van der Waals surface area contributed by atoms with Crippen molar-refractivity contribution < 1.29 is 24.2 Å². The highest BCUT2D eigenvalue weighted by Gasteiger charge is 2.16. The molecule has 0 aliphatic carbocycles. The van der Waals surface area contributed by atoms with Crippen molar-refractivity contribution in [2.24, 2.45) is 0 Å². The van der Waals surface area contributed by atoms with Crippen LogP contribution < -0.4 is 0 Å². The molecule has 0 aliphatic rings. The molecule has 0 spiro atoms. The maximum absolute atomic E-state index is 12.2. The van der Waals surface area contributed by atoms with Gasteiger partial charge >= 0.3 is 11.9 Å². The first-order valence-electron chi connectivity index (χ1n) is 26.1. The van der Waals surface area contributed by atoms with Crippen LogP contribution in [-0.4, -0.2) is 36.4 Å². The number of rotatable bonds is 49. The van der Waals surface area contributed by atoms with E-state index in [-0.39, 0.29) is 25.2 Å². The van der Waals surface area contributed by atoms with Gasteiger partial charge in [0.1, 0.15) is 6.61 Å². The van der Waals surface area contributed by atoms with E-state index in [1.165, 1.54) is 238 Å². The molecule has 0 radical (unpaired) electrons. The van der Waals surface area contributed by atoms with E-state index in [4.69, 9.17) is 9.47 Å². The van der Waals surface area contributed by atoms with Crippen LogP contribution in [0.1, 0.15) is 303 Å². The lowest BCUT2D eigenvalue weighted by molar-refractivity contribution is -0.161. The molecule has 0 aromatic heterocycles. The van der Waals surface area contributed by atoms with Crippen LogP contribution in [0, 0.1) is 0 Å². The average Bonchev–Trinajstić information content (AvgIpc) is 3.21. The highest BCUT2D eigenvalue weighted by atomic mass is 16.6. The third-order valence-electron chi connectivity index (χ3n) is 12.2. The minimum Gasteiger partial charge on any atom is -0.462 e. The molecule has 5 nitrogen and oxygen atoms in total. The lowest BCUT2D eigenvalue weighted by Crippen LogP contribution is -2.28. The molecule has 1 N–H and O–H groups in total. The molecule has 0 saturated heterocycles. The van der Waals surface area contributed by atoms with Crippen LogP contribution in [0.5, 0.6) is 0 Å². The van der Waals surface area contributed by atoms with E-state index in [0.717, 1.165) is 38.5 Å². The molecule has 0 saturated carbocycles. The van der Waals surface area contributed by atoms with Gasteiger partial charge in [-0.2, -0.15) is 0 Å². The molecule has 0 fully saturated rings. The predicted octanol–water partition coefficient (Wildman–Crippen LogP) is 17.0. The van der Waals surface area contributed by atoms with E-state index < -0.39 is 6.10 Å². The zero-order valence-electron chi connectivity index (χ0n) is 38.9. The quantitative estimate of drug-likeness (QED) is 0.0490. The molecule has 0 aromatic carbocycles. The van der Waals surface area contributed by atoms with Crippen molar-refractivity contribution in [3.8, 4) is 0 Å². The van der Waals surface area contributed by atoms with Gasteiger partial charge in [-0.1, -0.05) is 277 Å². The summed E-state index contributed by atoms with van der Waals surface area (Å²) < 4.78 is 10.6. The Bertz CT molecular complexity index is 784. The number of unbranched alkanes of at least 4 members (excludes halogenated alkanes) is 41. The minimum absolute atomic E-state index is 0.0577. The summed E-state index contributed by atoms with van der Waals surface area (Å²) in [6.07, 6.45) is 58.2. The Morgan fingerprint density at radius 3 is 0.772 bits per heavy atom. The molecule has 1 atom stereocenters. The number of carbonyl (C=O) groups excluding carboxylic acids is 2. The number of hydrogen-bond acceptors (Lipinski definition) is 5. The van der Waals surface area contributed by atoms with E-state index in [2.05, 4.69) is 13.8 Å². The Hall–Kier alpha value is -1.10. The summed E-state index contributed by atoms with van der Waals surface area (Å²) in [4.78, 5) is 24.2. The Labute approximate surface area is 357 Å². The first-order valence-corrected chi connectivity index (χ1v) is 26.1. The molecule has 0 aromatic rings. The standard InChI is InChI=1S/C52H102O5/c1-3-5-7-9-11-13-14-15-16-17-18-19-20-21-22-23-24-25-26-27-28-29-30-31-32-33-34-35-36-37-38-39-41-43-45-47-52(55)57-50(48-53)49-56-51(54)46-44-42-40-12-10-8-6-4-2/h50,53H,3-49H2,1-2H3. The number of hydrogen-bond donors (Lipinski definition) is 1. The van der Waals surface area contributed by atoms with Gasteiger partial charge in [-0.15, -0.1) is 0 Å². The fourth-order valence-electron chi connectivity index (χ4n) is 8.21. The van der Waals surface area contributed by atoms with Crippen LogP contribution in [0.3, 0.4) is 0 Å². The Morgan fingerprint density at radius 2 is 0.544 bits per heavy atom. The lowest BCUT2D eigenvalue weighted by Gasteiger charge is -2.15. The Morgan fingerprint density at radius 1 is 0.333 bits per heavy atom. The van der Waals surface area contributed by atoms with Gasteiger partial charge in [0.2, 0.25) is 0 Å². The molecule has 1 unspecified atom stereocenters. The number of aliphatic hydroxyl groups is 1. The van der Waals surface area contributed by atoms with E-state index in [0.29, 0.717) is 12.8 Å². The zero-order chi connectivity index (χ0) is 41.4. The molecular formula is C52H102O5. The van der Waals surface area contributed by atoms with Crippen molar-refractivity contribution in [2.45, 2.75) is 309 Å². The first-order chi connectivity index (χ1) is 28.1. The van der Waals surface area contributed by atoms with Crippen molar-refractivity contribution in [3.05, 3.63) is 0 Å². The summed E-state index contributed by atoms with van der Waals surface area (Å²) in [6, 6.07) is 0. The number of ether oxygens (including phenoxy) is 2. The van der Waals surface area contributed by atoms with Gasteiger partial charge in [0.15, 0.2) is 6.10 Å². The lowest BCUT2D eigenvalue weighted by atomic mass is 10.0. The molecule has 340 valence electrons. The van der Waals surface area contributed by atoms with E-state index >= 15 is 0 Å². The third kappa shape index (κ3) is 47.5. The smallest absolute Gasteiger partial charge is 0.306 e. The van der Waals surface area contributed by atoms with Crippen LogP contribution in [0.4, 0.5) is 0 Å². The third-order valence-corrected chi connectivity index (χ3v) is 12.2. The van der Waals surface area contributed by atoms with Gasteiger partial charge in [0, 0.05) is 12.8 Å². The second-order valence-corrected chi connectivity index (χ2v) is 18.0. The molecule has 0 rings (SSSR count). The van der Waals surface area contributed by atoms with Crippen LogP contribution in [-0.2, 0) is 19.1 Å². The van der Waals surface area contributed by atoms with Gasteiger partial charge in [-0.05, 0) is 12.8 Å². The molecule has 5 heteroatoms. The normalized spacial score (nSPS) is 12.0. The molecular weight excluding hydrogens is 705 g/mol. The van der Waals surface area contributed by atoms with Crippen LogP contribution in [0.25, 0.3) is 0 Å². The molecule has 57 heavy (non-hydrogen) atoms. The largest absolute Gasteiger partial charge is 0.462 e. The summed E-state index contributed by atoms with van der Waals surface area (Å²) >= 11 is 0. The molecule has 0 heterocycles. The first kappa shape index (κ1) is 55.9. The summed E-state index contributed by atoms with van der Waals surface area (Å²) in [6.45, 7) is 4.15. The predicted molar refractivity (Wildman–Crippen MR) is 247 cm³/mol. The van der Waals surface area contributed by atoms with Crippen molar-refractivity contribution in [3.63, 3.8) is 0 Å². The highest BCUT2D eigenvalue weighted by molar-refractivity contribution is 5.70. The topological polar surface area (TPSA) is 72.8 Å². The van der Waals surface area contributed by atoms with Gasteiger partial charge in [0.05, 0.1) is 6.61 Å². The number of esters is 2. The maximum Gasteiger partial charge on any atom is 0.306 e.